The van der Waals surface area contributed by atoms with Gasteiger partial charge in [-0.05, 0) is 61.4 Å². The quantitative estimate of drug-likeness (QED) is 0.307. The normalized spacial score (nSPS) is 24.4. The number of nitriles is 1. The molecule has 8 rings (SSSR count). The Labute approximate surface area is 351 Å². The van der Waals surface area contributed by atoms with Crippen LogP contribution < -0.4 is 25.2 Å². The summed E-state index contributed by atoms with van der Waals surface area (Å²) in [5.41, 5.74) is 0.981. The Bertz CT molecular complexity index is 2360. The second-order valence-corrected chi connectivity index (χ2v) is 17.8. The number of halogens is 2. The number of imide groups is 2. The van der Waals surface area contributed by atoms with E-state index in [4.69, 9.17) is 16.3 Å². The van der Waals surface area contributed by atoms with Crippen LogP contribution in [0, 0.1) is 33.9 Å². The minimum atomic E-state index is -1.15. The summed E-state index contributed by atoms with van der Waals surface area (Å²) in [7, 11) is 0. The molecule has 3 aromatic rings. The van der Waals surface area contributed by atoms with Gasteiger partial charge in [0.15, 0.2) is 0 Å². The van der Waals surface area contributed by atoms with Crippen LogP contribution in [0.25, 0.3) is 0 Å². The highest BCUT2D eigenvalue weighted by Gasteiger charge is 2.64. The van der Waals surface area contributed by atoms with Crippen LogP contribution in [0.15, 0.2) is 54.6 Å². The van der Waals surface area contributed by atoms with Gasteiger partial charge in [0.1, 0.15) is 29.8 Å². The Kier molecular flexibility index (Phi) is 10.3. The van der Waals surface area contributed by atoms with Crippen LogP contribution in [0.4, 0.5) is 15.8 Å². The maximum atomic E-state index is 15.5. The van der Waals surface area contributed by atoms with E-state index in [1.54, 1.807) is 40.1 Å². The molecule has 3 saturated heterocycles. The van der Waals surface area contributed by atoms with Gasteiger partial charge in [-0.15, -0.1) is 0 Å². The lowest BCUT2D eigenvalue weighted by molar-refractivity contribution is -0.164. The third-order valence-corrected chi connectivity index (χ3v) is 13.2. The second kappa shape index (κ2) is 15.2. The monoisotopic (exact) mass is 837 g/mol. The van der Waals surface area contributed by atoms with Crippen molar-refractivity contribution >= 4 is 58.4 Å². The van der Waals surface area contributed by atoms with E-state index >= 15 is 4.39 Å². The summed E-state index contributed by atoms with van der Waals surface area (Å²) < 4.78 is 21.8. The number of hydrogen-bond acceptors (Lipinski definition) is 10. The van der Waals surface area contributed by atoms with Crippen molar-refractivity contribution in [1.29, 1.82) is 5.26 Å². The van der Waals surface area contributed by atoms with Crippen molar-refractivity contribution in [1.82, 2.24) is 20.4 Å². The number of ether oxygens (including phenoxy) is 1. The van der Waals surface area contributed by atoms with Gasteiger partial charge in [-0.1, -0.05) is 39.3 Å². The fraction of sp³-hybridized carbons (Fsp3) is 0.432. The summed E-state index contributed by atoms with van der Waals surface area (Å²) in [5, 5.41) is 14.9. The van der Waals surface area contributed by atoms with E-state index in [1.165, 1.54) is 6.07 Å². The van der Waals surface area contributed by atoms with Crippen molar-refractivity contribution in [2.75, 3.05) is 49.1 Å². The molecule has 16 heteroatoms. The molecular weight excluding hydrogens is 793 g/mol. The Morgan fingerprint density at radius 3 is 2.18 bits per heavy atom. The zero-order chi connectivity index (χ0) is 42.8. The summed E-state index contributed by atoms with van der Waals surface area (Å²) in [6.07, 6.45) is 0.412. The number of anilines is 2. The van der Waals surface area contributed by atoms with Crippen LogP contribution in [-0.2, 0) is 14.4 Å². The lowest BCUT2D eigenvalue weighted by atomic mass is 9.49. The molecule has 5 aliphatic rings. The fourth-order valence-electron chi connectivity index (χ4n) is 9.98. The molecule has 6 amide bonds. The Hall–Kier alpha value is -6.01. The van der Waals surface area contributed by atoms with Crippen molar-refractivity contribution < 1.29 is 37.9 Å². The lowest BCUT2D eigenvalue weighted by Crippen LogP contribution is -2.74. The molecule has 4 fully saturated rings. The average molecular weight is 838 g/mol. The highest BCUT2D eigenvalue weighted by atomic mass is 35.5. The standard InChI is InChI=1S/C44H45ClFN7O7/c1-43(2)41(44(3,4)42(43)60-28-10-7-25(22-47)31(45)19-28)49-36(55)24-5-8-27(9-6-24)52-14-13-26(23-52)38(57)51-17-15-50(16-18-51)34-21-30-29(20-32(34)46)39(58)53(40(30)59)33-11-12-35(54)48-37(33)56/h5-10,19-21,26,33,41-42H,11-18,23H2,1-4H3,(H,49,55)(H,48,54,56)/t26-,33?,41?,42?/m1/s1. The van der Waals surface area contributed by atoms with E-state index in [1.807, 2.05) is 12.1 Å². The molecule has 0 spiro atoms. The highest BCUT2D eigenvalue weighted by Crippen LogP contribution is 2.55. The van der Waals surface area contributed by atoms with Gasteiger partial charge in [-0.2, -0.15) is 5.26 Å². The summed E-state index contributed by atoms with van der Waals surface area (Å²) >= 11 is 6.24. The number of rotatable bonds is 8. The van der Waals surface area contributed by atoms with E-state index < -0.39 is 46.3 Å². The van der Waals surface area contributed by atoms with E-state index in [9.17, 15) is 34.0 Å². The molecule has 312 valence electrons. The number of nitrogens with zero attached hydrogens (tertiary/aromatic N) is 5. The Morgan fingerprint density at radius 2 is 1.55 bits per heavy atom. The number of nitrogens with one attached hydrogen (secondary N) is 2. The SMILES string of the molecule is CC1(C)C(NC(=O)c2ccc(N3CC[C@@H](C(=O)N4CCN(c5cc6c(cc5F)C(=O)N(C5CCC(=O)NC5=O)C6=O)CC4)C3)cc2)C(C)(C)C1Oc1ccc(C#N)c(Cl)c1. The molecule has 2 atom stereocenters. The zero-order valence-electron chi connectivity index (χ0n) is 33.7. The molecule has 1 aliphatic carbocycles. The molecule has 4 heterocycles. The van der Waals surface area contributed by atoms with Crippen molar-refractivity contribution in [3.8, 4) is 11.8 Å². The van der Waals surface area contributed by atoms with E-state index in [2.05, 4.69) is 49.3 Å². The fourth-order valence-corrected chi connectivity index (χ4v) is 10.2. The molecule has 1 unspecified atom stereocenters. The van der Waals surface area contributed by atoms with Crippen LogP contribution in [-0.4, -0.2) is 103 Å². The van der Waals surface area contributed by atoms with Gasteiger partial charge < -0.3 is 24.8 Å². The first-order chi connectivity index (χ1) is 28.5. The number of carbonyl (C=O) groups is 6. The van der Waals surface area contributed by atoms with E-state index in [0.29, 0.717) is 67.6 Å². The highest BCUT2D eigenvalue weighted by molar-refractivity contribution is 6.31. The maximum absolute atomic E-state index is 15.5. The van der Waals surface area contributed by atoms with Crippen LogP contribution in [0.1, 0.15) is 83.6 Å². The molecular formula is C44H45ClFN7O7. The Morgan fingerprint density at radius 1 is 0.883 bits per heavy atom. The number of fused-ring (bicyclic) bond motifs is 1. The van der Waals surface area contributed by atoms with Gasteiger partial charge >= 0.3 is 0 Å². The topological polar surface area (TPSA) is 172 Å². The summed E-state index contributed by atoms with van der Waals surface area (Å²) in [6.45, 7) is 10.7. The molecule has 3 aromatic carbocycles. The smallest absolute Gasteiger partial charge is 0.262 e. The number of amides is 6. The molecule has 1 saturated carbocycles. The first-order valence-electron chi connectivity index (χ1n) is 20.1. The number of benzene rings is 3. The van der Waals surface area contributed by atoms with Gasteiger partial charge in [0.25, 0.3) is 17.7 Å². The molecule has 0 bridgehead atoms. The van der Waals surface area contributed by atoms with Crippen molar-refractivity contribution in [2.24, 2.45) is 16.7 Å². The van der Waals surface area contributed by atoms with Crippen molar-refractivity contribution in [3.05, 3.63) is 87.7 Å². The summed E-state index contributed by atoms with van der Waals surface area (Å²) in [5.74, 6) is -3.25. The van der Waals surface area contributed by atoms with E-state index in [0.717, 1.165) is 16.7 Å². The predicted molar refractivity (Wildman–Crippen MR) is 218 cm³/mol. The first-order valence-corrected chi connectivity index (χ1v) is 20.5. The first kappa shape index (κ1) is 40.8. The van der Waals surface area contributed by atoms with Gasteiger partial charge in [-0.3, -0.25) is 39.0 Å². The molecule has 0 aromatic heterocycles. The molecule has 4 aliphatic heterocycles. The maximum Gasteiger partial charge on any atom is 0.262 e. The van der Waals surface area contributed by atoms with Crippen LogP contribution in [0.2, 0.25) is 5.02 Å². The molecule has 0 radical (unpaired) electrons. The van der Waals surface area contributed by atoms with Gasteiger partial charge in [0.05, 0.1) is 33.3 Å². The van der Waals surface area contributed by atoms with Crippen molar-refractivity contribution in [2.45, 2.75) is 65.1 Å². The third-order valence-electron chi connectivity index (χ3n) is 12.9. The van der Waals surface area contributed by atoms with Crippen LogP contribution >= 0.6 is 11.6 Å². The third kappa shape index (κ3) is 7.00. The molecule has 14 nitrogen and oxygen atoms in total. The summed E-state index contributed by atoms with van der Waals surface area (Å²) in [4.78, 5) is 84.2. The van der Waals surface area contributed by atoms with Gasteiger partial charge in [0, 0.05) is 79.9 Å². The average Bonchev–Trinajstić information content (AvgIpc) is 3.81. The molecule has 2 N–H and O–H groups in total. The molecule has 60 heavy (non-hydrogen) atoms. The Balaban J connectivity index is 0.837. The number of piperazine rings is 1. The minimum Gasteiger partial charge on any atom is -0.489 e. The zero-order valence-corrected chi connectivity index (χ0v) is 34.5. The summed E-state index contributed by atoms with van der Waals surface area (Å²) in [6, 6.07) is 15.4. The van der Waals surface area contributed by atoms with Crippen LogP contribution in [0.3, 0.4) is 0 Å². The lowest BCUT2D eigenvalue weighted by Gasteiger charge is -2.63. The van der Waals surface area contributed by atoms with E-state index in [-0.39, 0.29) is 59.5 Å². The van der Waals surface area contributed by atoms with Gasteiger partial charge in [0.2, 0.25) is 17.7 Å². The minimum absolute atomic E-state index is 0.00225. The predicted octanol–water partition coefficient (Wildman–Crippen LogP) is 4.54. The number of piperidine rings is 1. The number of carbonyl (C=O) groups excluding carboxylic acids is 6. The van der Waals surface area contributed by atoms with Gasteiger partial charge in [-0.25, -0.2) is 4.39 Å². The van der Waals surface area contributed by atoms with Crippen LogP contribution in [0.5, 0.6) is 5.75 Å². The number of hydrogen-bond donors (Lipinski definition) is 2. The largest absolute Gasteiger partial charge is 0.489 e. The van der Waals surface area contributed by atoms with Crippen molar-refractivity contribution in [3.63, 3.8) is 0 Å². The second-order valence-electron chi connectivity index (χ2n) is 17.4.